The second-order valence-corrected chi connectivity index (χ2v) is 5.68. The number of hydrogen-bond donors (Lipinski definition) is 1. The number of ketones is 1. The molecule has 0 unspecified atom stereocenters. The molecule has 3 rings (SSSR count). The number of nitrogens with zero attached hydrogens (tertiary/aromatic N) is 2. The number of rotatable bonds is 3. The van der Waals surface area contributed by atoms with Crippen molar-refractivity contribution in [2.24, 2.45) is 0 Å². The summed E-state index contributed by atoms with van der Waals surface area (Å²) in [7, 11) is 0. The number of Topliss-reactive ketones (excluding diaryl/α,β-unsaturated/α-hetero) is 1. The predicted molar refractivity (Wildman–Crippen MR) is 71.0 cm³/mol. The number of hydrogen-bond acceptors (Lipinski definition) is 5. The lowest BCUT2D eigenvalue weighted by Gasteiger charge is -2.26. The minimum atomic E-state index is -0.328. The molecule has 2 aliphatic heterocycles. The van der Waals surface area contributed by atoms with Crippen molar-refractivity contribution in [3.05, 3.63) is 16.6 Å². The fraction of sp³-hybridized carbons (Fsp3) is 0.615. The Morgan fingerprint density at radius 2 is 2.32 bits per heavy atom. The molecule has 2 fully saturated rings. The zero-order chi connectivity index (χ0) is 13.2. The van der Waals surface area contributed by atoms with E-state index in [9.17, 15) is 9.59 Å². The molecule has 6 heteroatoms. The molecule has 5 nitrogen and oxygen atoms in total. The van der Waals surface area contributed by atoms with Crippen molar-refractivity contribution in [2.75, 3.05) is 13.1 Å². The molecular formula is C13H16N3O2S. The van der Waals surface area contributed by atoms with Crippen LogP contribution in [-0.2, 0) is 4.79 Å². The van der Waals surface area contributed by atoms with Gasteiger partial charge in [-0.05, 0) is 32.2 Å². The predicted octanol–water partition coefficient (Wildman–Crippen LogP) is 0.869. The second kappa shape index (κ2) is 5.38. The highest BCUT2D eigenvalue weighted by molar-refractivity contribution is 7.07. The van der Waals surface area contributed by atoms with Crippen molar-refractivity contribution >= 4 is 23.0 Å². The van der Waals surface area contributed by atoms with Crippen molar-refractivity contribution in [1.29, 1.82) is 0 Å². The SMILES string of the molecule is O=C(c1cs[c]n1)[C@@H]1CCCN1C(=O)[C@@H]1CCCN1. The van der Waals surface area contributed by atoms with Crippen molar-refractivity contribution in [2.45, 2.75) is 37.8 Å². The Labute approximate surface area is 116 Å². The Morgan fingerprint density at radius 1 is 1.42 bits per heavy atom. The van der Waals surface area contributed by atoms with Gasteiger partial charge in [-0.25, -0.2) is 4.98 Å². The maximum absolute atomic E-state index is 12.4. The first-order chi connectivity index (χ1) is 9.27. The molecule has 0 aromatic carbocycles. The number of likely N-dealkylation sites (tertiary alicyclic amines) is 1. The molecule has 1 amide bonds. The molecular weight excluding hydrogens is 262 g/mol. The van der Waals surface area contributed by atoms with Gasteiger partial charge in [0.15, 0.2) is 5.51 Å². The number of carbonyl (C=O) groups is 2. The molecule has 1 radical (unpaired) electrons. The summed E-state index contributed by atoms with van der Waals surface area (Å²) in [5.74, 6) is 0.0360. The van der Waals surface area contributed by atoms with Crippen LogP contribution in [0, 0.1) is 5.51 Å². The van der Waals surface area contributed by atoms with E-state index in [1.165, 1.54) is 11.3 Å². The topological polar surface area (TPSA) is 62.3 Å². The normalized spacial score (nSPS) is 26.8. The summed E-state index contributed by atoms with van der Waals surface area (Å²) < 4.78 is 0. The minimum Gasteiger partial charge on any atom is -0.331 e. The molecule has 2 atom stereocenters. The fourth-order valence-electron chi connectivity index (χ4n) is 2.87. The summed E-state index contributed by atoms with van der Waals surface area (Å²) in [6, 6.07) is -0.430. The van der Waals surface area contributed by atoms with Crippen LogP contribution >= 0.6 is 11.3 Å². The van der Waals surface area contributed by atoms with Gasteiger partial charge in [-0.1, -0.05) is 0 Å². The van der Waals surface area contributed by atoms with E-state index in [0.717, 1.165) is 32.2 Å². The van der Waals surface area contributed by atoms with Crippen LogP contribution < -0.4 is 5.32 Å². The van der Waals surface area contributed by atoms with Gasteiger partial charge in [0.05, 0.1) is 12.1 Å². The molecule has 1 N–H and O–H groups in total. The average molecular weight is 278 g/mol. The molecule has 1 aromatic heterocycles. The van der Waals surface area contributed by atoms with Crippen molar-refractivity contribution in [3.8, 4) is 0 Å². The number of nitrogens with one attached hydrogen (secondary N) is 1. The molecule has 3 heterocycles. The Bertz CT molecular complexity index is 468. The standard InChI is InChI=1S/C13H16N3O2S/c17-12(10-7-19-8-15-10)11-4-2-6-16(11)13(18)9-3-1-5-14-9/h7,9,11,14H,1-6H2/t9-,11-/m0/s1. The second-order valence-electron chi connectivity index (χ2n) is 5.03. The zero-order valence-corrected chi connectivity index (χ0v) is 11.4. The largest absolute Gasteiger partial charge is 0.331 e. The smallest absolute Gasteiger partial charge is 0.240 e. The van der Waals surface area contributed by atoms with Crippen LogP contribution in [0.15, 0.2) is 5.38 Å². The Morgan fingerprint density at radius 3 is 3.00 bits per heavy atom. The maximum Gasteiger partial charge on any atom is 0.240 e. The summed E-state index contributed by atoms with van der Waals surface area (Å²) in [4.78, 5) is 30.4. The summed E-state index contributed by atoms with van der Waals surface area (Å²) >= 11 is 1.29. The quantitative estimate of drug-likeness (QED) is 0.833. The first-order valence-corrected chi connectivity index (χ1v) is 7.55. The van der Waals surface area contributed by atoms with E-state index in [4.69, 9.17) is 0 Å². The van der Waals surface area contributed by atoms with Crippen molar-refractivity contribution in [1.82, 2.24) is 15.2 Å². The Kier molecular flexibility index (Phi) is 3.61. The van der Waals surface area contributed by atoms with Gasteiger partial charge in [0, 0.05) is 11.9 Å². The highest BCUT2D eigenvalue weighted by Gasteiger charge is 2.38. The molecule has 0 aliphatic carbocycles. The van der Waals surface area contributed by atoms with E-state index in [1.807, 2.05) is 0 Å². The zero-order valence-electron chi connectivity index (χ0n) is 10.6. The number of thiazole rings is 1. The lowest BCUT2D eigenvalue weighted by atomic mass is 10.1. The van der Waals surface area contributed by atoms with E-state index in [-0.39, 0.29) is 23.8 Å². The monoisotopic (exact) mass is 278 g/mol. The van der Waals surface area contributed by atoms with E-state index in [0.29, 0.717) is 12.2 Å². The van der Waals surface area contributed by atoms with Gasteiger partial charge < -0.3 is 10.2 Å². The third-order valence-electron chi connectivity index (χ3n) is 3.84. The summed E-state index contributed by atoms with van der Waals surface area (Å²) in [6.45, 7) is 1.57. The first-order valence-electron chi connectivity index (χ1n) is 6.67. The number of amides is 1. The maximum atomic E-state index is 12.4. The summed E-state index contributed by atoms with van der Waals surface area (Å²) in [5, 5.41) is 4.91. The molecule has 0 spiro atoms. The number of carbonyl (C=O) groups excluding carboxylic acids is 2. The van der Waals surface area contributed by atoms with Gasteiger partial charge in [0.1, 0.15) is 5.69 Å². The van der Waals surface area contributed by atoms with Gasteiger partial charge in [0.25, 0.3) is 0 Å². The fourth-order valence-corrected chi connectivity index (χ4v) is 3.35. The molecule has 0 bridgehead atoms. The van der Waals surface area contributed by atoms with Gasteiger partial charge in [-0.2, -0.15) is 0 Å². The molecule has 0 saturated carbocycles. The lowest BCUT2D eigenvalue weighted by molar-refractivity contribution is -0.133. The highest BCUT2D eigenvalue weighted by atomic mass is 32.1. The van der Waals surface area contributed by atoms with E-state index < -0.39 is 0 Å². The third-order valence-corrected chi connectivity index (χ3v) is 4.38. The number of aromatic nitrogens is 1. The van der Waals surface area contributed by atoms with E-state index in [1.54, 1.807) is 10.3 Å². The van der Waals surface area contributed by atoms with Gasteiger partial charge in [-0.15, -0.1) is 11.3 Å². The van der Waals surface area contributed by atoms with Gasteiger partial charge in [-0.3, -0.25) is 9.59 Å². The Balaban J connectivity index is 1.74. The van der Waals surface area contributed by atoms with Crippen molar-refractivity contribution in [3.63, 3.8) is 0 Å². The summed E-state index contributed by atoms with van der Waals surface area (Å²) in [5.41, 5.74) is 3.13. The molecule has 2 saturated heterocycles. The van der Waals surface area contributed by atoms with Gasteiger partial charge in [0.2, 0.25) is 11.7 Å². The average Bonchev–Trinajstić information content (AvgIpc) is 3.16. The molecule has 2 aliphatic rings. The van der Waals surface area contributed by atoms with Crippen LogP contribution in [0.2, 0.25) is 0 Å². The molecule has 101 valence electrons. The van der Waals surface area contributed by atoms with E-state index >= 15 is 0 Å². The lowest BCUT2D eigenvalue weighted by Crippen LogP contribution is -2.48. The Hall–Kier alpha value is -1.27. The third kappa shape index (κ3) is 2.42. The van der Waals surface area contributed by atoms with Gasteiger partial charge >= 0.3 is 0 Å². The van der Waals surface area contributed by atoms with Crippen molar-refractivity contribution < 1.29 is 9.59 Å². The van der Waals surface area contributed by atoms with Crippen LogP contribution in [0.3, 0.4) is 0 Å². The van der Waals surface area contributed by atoms with Crippen LogP contribution in [0.5, 0.6) is 0 Å². The van der Waals surface area contributed by atoms with Crippen LogP contribution in [0.25, 0.3) is 0 Å². The minimum absolute atomic E-state index is 0.0404. The van der Waals surface area contributed by atoms with Crippen LogP contribution in [0.4, 0.5) is 0 Å². The first kappa shape index (κ1) is 12.7. The summed E-state index contributed by atoms with van der Waals surface area (Å²) in [6.07, 6.45) is 3.54. The molecule has 19 heavy (non-hydrogen) atoms. The highest BCUT2D eigenvalue weighted by Crippen LogP contribution is 2.23. The molecule has 1 aromatic rings. The van der Waals surface area contributed by atoms with Crippen LogP contribution in [0.1, 0.15) is 36.2 Å². The van der Waals surface area contributed by atoms with Crippen LogP contribution in [-0.4, -0.2) is 46.7 Å². The van der Waals surface area contributed by atoms with E-state index in [2.05, 4.69) is 15.8 Å².